The molecule has 0 aromatic heterocycles. The Morgan fingerprint density at radius 2 is 0.676 bits per heavy atom. The van der Waals surface area contributed by atoms with Gasteiger partial charge in [0.2, 0.25) is 11.8 Å². The number of carbonyl (C=O) groups excluding carboxylic acids is 4. The molecule has 370 valence electrons. The SMILES string of the molecule is C[C@@H](NC(=O)c1ccc(-c2cccc3cccc(-c4ccc(-c5cccc6cccc(-c7ccc(C(=O)N[C@H](C)c8ccccc8)cc7)c56)c(NC(=O)C(C)(C)C)c4NC(=O)C(C)(C)C)c23)cc1)c1ccccc1. The molecule has 8 heteroatoms. The molecule has 9 aromatic carbocycles. The summed E-state index contributed by atoms with van der Waals surface area (Å²) in [5.41, 5.74) is 9.30. The van der Waals surface area contributed by atoms with Crippen molar-refractivity contribution in [2.24, 2.45) is 10.8 Å². The molecular formula is C66H62N4O4. The average Bonchev–Trinajstić information content (AvgIpc) is 3.40. The molecule has 0 unspecified atom stereocenters. The van der Waals surface area contributed by atoms with Crippen molar-refractivity contribution in [1.82, 2.24) is 10.6 Å². The molecule has 4 amide bonds. The second-order valence-corrected chi connectivity index (χ2v) is 21.1. The van der Waals surface area contributed by atoms with Crippen molar-refractivity contribution in [3.05, 3.63) is 216 Å². The Balaban J connectivity index is 1.18. The molecule has 0 saturated heterocycles. The molecular weight excluding hydrogens is 913 g/mol. The zero-order chi connectivity index (χ0) is 52.3. The van der Waals surface area contributed by atoms with Crippen LogP contribution in [-0.4, -0.2) is 23.6 Å². The van der Waals surface area contributed by atoms with E-state index in [4.69, 9.17) is 0 Å². The minimum atomic E-state index is -0.801. The Labute approximate surface area is 434 Å². The van der Waals surface area contributed by atoms with Crippen LogP contribution >= 0.6 is 0 Å². The highest BCUT2D eigenvalue weighted by molar-refractivity contribution is 6.17. The summed E-state index contributed by atoms with van der Waals surface area (Å²) in [6.07, 6.45) is 0. The van der Waals surface area contributed by atoms with Gasteiger partial charge in [0.25, 0.3) is 11.8 Å². The number of rotatable bonds is 12. The number of fused-ring (bicyclic) bond motifs is 2. The lowest BCUT2D eigenvalue weighted by molar-refractivity contribution is -0.124. The minimum absolute atomic E-state index is 0.166. The van der Waals surface area contributed by atoms with Gasteiger partial charge in [0.05, 0.1) is 23.5 Å². The number of benzene rings is 9. The van der Waals surface area contributed by atoms with E-state index in [0.29, 0.717) is 22.5 Å². The lowest BCUT2D eigenvalue weighted by Gasteiger charge is -2.27. The van der Waals surface area contributed by atoms with Crippen molar-refractivity contribution in [3.63, 3.8) is 0 Å². The zero-order valence-electron chi connectivity index (χ0n) is 43.3. The van der Waals surface area contributed by atoms with Gasteiger partial charge in [-0.1, -0.05) is 211 Å². The van der Waals surface area contributed by atoms with Crippen molar-refractivity contribution in [2.75, 3.05) is 10.6 Å². The van der Waals surface area contributed by atoms with Gasteiger partial charge < -0.3 is 21.3 Å². The predicted octanol–water partition coefficient (Wildman–Crippen LogP) is 15.6. The Morgan fingerprint density at radius 3 is 1.00 bits per heavy atom. The first kappa shape index (κ1) is 50.3. The Bertz CT molecular complexity index is 3310. The third kappa shape index (κ3) is 10.6. The van der Waals surface area contributed by atoms with Crippen molar-refractivity contribution >= 4 is 56.5 Å². The monoisotopic (exact) mass is 974 g/mol. The summed E-state index contributed by atoms with van der Waals surface area (Å²) >= 11 is 0. The normalized spacial score (nSPS) is 12.4. The standard InChI is InChI=1S/C66H62N4O4/c1-41(43-19-11-9-12-20-43)67-61(71)49-35-31-45(32-36-49)51-27-15-23-47-25-17-29-53(57(47)51)55-39-40-56(60(70-64(74)66(6,7)8)59(55)69-63(73)65(3,4)5)54-30-18-26-48-24-16-28-52(58(48)54)46-33-37-50(38-34-46)62(72)68-42(2)44-21-13-10-14-22-44/h9-42H,1-8H3,(H,67,71)(H,68,72)(H,69,73)(H,70,74)/t41-,42-/m1/s1. The van der Waals surface area contributed by atoms with Crippen LogP contribution < -0.4 is 21.3 Å². The molecule has 9 aromatic rings. The van der Waals surface area contributed by atoms with Crippen LogP contribution in [0.3, 0.4) is 0 Å². The molecule has 8 nitrogen and oxygen atoms in total. The summed E-state index contributed by atoms with van der Waals surface area (Å²) < 4.78 is 0. The summed E-state index contributed by atoms with van der Waals surface area (Å²) in [5.74, 6) is -0.778. The van der Waals surface area contributed by atoms with Gasteiger partial charge in [-0.05, 0) is 104 Å². The van der Waals surface area contributed by atoms with E-state index < -0.39 is 10.8 Å². The van der Waals surface area contributed by atoms with E-state index in [1.807, 2.05) is 201 Å². The number of amides is 4. The van der Waals surface area contributed by atoms with Gasteiger partial charge >= 0.3 is 0 Å². The first-order valence-corrected chi connectivity index (χ1v) is 25.2. The summed E-state index contributed by atoms with van der Waals surface area (Å²) in [5, 5.41) is 16.8. The van der Waals surface area contributed by atoms with Gasteiger partial charge in [-0.25, -0.2) is 0 Å². The lowest BCUT2D eigenvalue weighted by Crippen LogP contribution is -2.31. The number of anilines is 2. The molecule has 9 rings (SSSR count). The van der Waals surface area contributed by atoms with Gasteiger partial charge in [0.15, 0.2) is 0 Å². The summed E-state index contributed by atoms with van der Waals surface area (Å²) in [6.45, 7) is 15.2. The molecule has 0 aliphatic carbocycles. The minimum Gasteiger partial charge on any atom is -0.346 e. The second-order valence-electron chi connectivity index (χ2n) is 21.1. The molecule has 0 fully saturated rings. The van der Waals surface area contributed by atoms with Crippen LogP contribution in [0.15, 0.2) is 194 Å². The van der Waals surface area contributed by atoms with Crippen LogP contribution in [0.2, 0.25) is 0 Å². The van der Waals surface area contributed by atoms with E-state index in [2.05, 4.69) is 69.8 Å². The lowest BCUT2D eigenvalue weighted by atomic mass is 9.86. The number of hydrogen-bond donors (Lipinski definition) is 4. The van der Waals surface area contributed by atoms with E-state index in [-0.39, 0.29) is 35.7 Å². The van der Waals surface area contributed by atoms with Gasteiger partial charge in [0, 0.05) is 33.1 Å². The molecule has 74 heavy (non-hydrogen) atoms. The van der Waals surface area contributed by atoms with Crippen LogP contribution in [0.5, 0.6) is 0 Å². The molecule has 0 aliphatic heterocycles. The van der Waals surface area contributed by atoms with Gasteiger partial charge in [-0.15, -0.1) is 0 Å². The molecule has 4 N–H and O–H groups in total. The summed E-state index contributed by atoms with van der Waals surface area (Å²) in [6, 6.07) is 63.4. The highest BCUT2D eigenvalue weighted by atomic mass is 16.2. The number of nitrogens with one attached hydrogen (secondary N) is 4. The first-order chi connectivity index (χ1) is 35.5. The van der Waals surface area contributed by atoms with E-state index in [1.54, 1.807) is 0 Å². The third-order valence-electron chi connectivity index (χ3n) is 13.6. The fraction of sp³-hybridized carbons (Fsp3) is 0.182. The second kappa shape index (κ2) is 20.8. The molecule has 0 aliphatic rings. The van der Waals surface area contributed by atoms with E-state index in [0.717, 1.165) is 77.2 Å². The Kier molecular flexibility index (Phi) is 14.2. The highest BCUT2D eigenvalue weighted by Crippen LogP contribution is 2.48. The van der Waals surface area contributed by atoms with Crippen LogP contribution in [0.25, 0.3) is 66.1 Å². The average molecular weight is 975 g/mol. The number of hydrogen-bond acceptors (Lipinski definition) is 4. The summed E-state index contributed by atoms with van der Waals surface area (Å²) in [7, 11) is 0. The fourth-order valence-electron chi connectivity index (χ4n) is 9.34. The van der Waals surface area contributed by atoms with Gasteiger partial charge in [0.1, 0.15) is 0 Å². The maximum absolute atomic E-state index is 14.5. The Morgan fingerprint density at radius 1 is 0.351 bits per heavy atom. The molecule has 0 heterocycles. The van der Waals surface area contributed by atoms with E-state index in [1.165, 1.54) is 0 Å². The number of carbonyl (C=O) groups is 4. The van der Waals surface area contributed by atoms with E-state index >= 15 is 0 Å². The smallest absolute Gasteiger partial charge is 0.251 e. The van der Waals surface area contributed by atoms with Crippen LogP contribution in [0, 0.1) is 10.8 Å². The molecule has 0 radical (unpaired) electrons. The third-order valence-corrected chi connectivity index (χ3v) is 13.6. The Hall–Kier alpha value is -8.62. The van der Waals surface area contributed by atoms with Crippen molar-refractivity contribution in [1.29, 1.82) is 0 Å². The molecule has 2 atom stereocenters. The summed E-state index contributed by atoms with van der Waals surface area (Å²) in [4.78, 5) is 55.9. The first-order valence-electron chi connectivity index (χ1n) is 25.2. The highest BCUT2D eigenvalue weighted by Gasteiger charge is 2.30. The van der Waals surface area contributed by atoms with Crippen LogP contribution in [0.4, 0.5) is 11.4 Å². The van der Waals surface area contributed by atoms with Crippen molar-refractivity contribution in [2.45, 2.75) is 67.5 Å². The molecule has 0 bridgehead atoms. The van der Waals surface area contributed by atoms with Gasteiger partial charge in [-0.3, -0.25) is 19.2 Å². The van der Waals surface area contributed by atoms with Crippen molar-refractivity contribution in [3.8, 4) is 44.5 Å². The predicted molar refractivity (Wildman–Crippen MR) is 304 cm³/mol. The fourth-order valence-corrected chi connectivity index (χ4v) is 9.34. The van der Waals surface area contributed by atoms with Crippen LogP contribution in [-0.2, 0) is 9.59 Å². The zero-order valence-corrected chi connectivity index (χ0v) is 43.3. The topological polar surface area (TPSA) is 116 Å². The van der Waals surface area contributed by atoms with Crippen molar-refractivity contribution < 1.29 is 19.2 Å². The molecule has 0 spiro atoms. The maximum Gasteiger partial charge on any atom is 0.251 e. The quantitative estimate of drug-likeness (QED) is 0.0976. The van der Waals surface area contributed by atoms with E-state index in [9.17, 15) is 19.2 Å². The molecule has 0 saturated carbocycles. The van der Waals surface area contributed by atoms with Crippen LogP contribution in [0.1, 0.15) is 99.3 Å². The van der Waals surface area contributed by atoms with Gasteiger partial charge in [-0.2, -0.15) is 0 Å². The maximum atomic E-state index is 14.5. The largest absolute Gasteiger partial charge is 0.346 e.